The van der Waals surface area contributed by atoms with E-state index in [4.69, 9.17) is 39.5 Å². The molecular weight excluding hydrogens is 681 g/mol. The molecule has 47 heavy (non-hydrogen) atoms. The zero-order valence-corrected chi connectivity index (χ0v) is 29.5. The van der Waals surface area contributed by atoms with E-state index in [1.54, 1.807) is 42.5 Å². The molecule has 12 heteroatoms. The molecule has 0 saturated heterocycles. The third kappa shape index (κ3) is 9.41. The zero-order valence-electron chi connectivity index (χ0n) is 26.4. The number of methoxy groups -OCH3 is 1. The SMILES string of the molecule is COc1ccc(Cl)cc1N(CC(=O)N(Cc1ccc(Cl)c(Cl)c1)[C@@H](Cc1ccccc1)C(=O)NC(C)(C)C)S(=O)(=O)c1ccccc1. The van der Waals surface area contributed by atoms with E-state index in [0.717, 1.165) is 9.87 Å². The average molecular weight is 717 g/mol. The second-order valence-electron chi connectivity index (χ2n) is 11.9. The molecule has 1 N–H and O–H groups in total. The Morgan fingerprint density at radius 1 is 0.830 bits per heavy atom. The summed E-state index contributed by atoms with van der Waals surface area (Å²) in [4.78, 5) is 30.0. The first-order valence-corrected chi connectivity index (χ1v) is 17.3. The van der Waals surface area contributed by atoms with Gasteiger partial charge in [-0.05, 0) is 74.4 Å². The van der Waals surface area contributed by atoms with Gasteiger partial charge in [-0.1, -0.05) is 89.4 Å². The number of halogens is 3. The van der Waals surface area contributed by atoms with Gasteiger partial charge in [-0.15, -0.1) is 0 Å². The Morgan fingerprint density at radius 3 is 2.06 bits per heavy atom. The number of anilines is 1. The highest BCUT2D eigenvalue weighted by Gasteiger charge is 2.36. The summed E-state index contributed by atoms with van der Waals surface area (Å²) in [5.74, 6) is -0.876. The second-order valence-corrected chi connectivity index (χ2v) is 15.0. The Bertz CT molecular complexity index is 1820. The van der Waals surface area contributed by atoms with Crippen molar-refractivity contribution < 1.29 is 22.7 Å². The van der Waals surface area contributed by atoms with Crippen molar-refractivity contribution in [3.05, 3.63) is 123 Å². The molecular formula is C35H36Cl3N3O5S. The van der Waals surface area contributed by atoms with Crippen molar-refractivity contribution in [2.75, 3.05) is 18.0 Å². The van der Waals surface area contributed by atoms with Crippen LogP contribution in [-0.2, 0) is 32.6 Å². The number of nitrogens with zero attached hydrogens (tertiary/aromatic N) is 2. The standard InChI is InChI=1S/C35H36Cl3N3O5S/c1-35(2,3)39-34(43)31(20-24-11-7-5-8-12-24)40(22-25-15-17-28(37)29(38)19-25)33(42)23-41(30-21-26(36)16-18-32(30)46-4)47(44,45)27-13-9-6-10-14-27/h5-19,21,31H,20,22-23H2,1-4H3,(H,39,43)/t31-/m0/s1. The lowest BCUT2D eigenvalue weighted by atomic mass is 10.0. The largest absolute Gasteiger partial charge is 0.495 e. The van der Waals surface area contributed by atoms with Gasteiger partial charge in [0.1, 0.15) is 18.3 Å². The maximum Gasteiger partial charge on any atom is 0.264 e. The molecule has 0 fully saturated rings. The summed E-state index contributed by atoms with van der Waals surface area (Å²) in [6, 6.07) is 25.4. The molecule has 0 bridgehead atoms. The van der Waals surface area contributed by atoms with E-state index < -0.39 is 40.0 Å². The smallest absolute Gasteiger partial charge is 0.264 e. The number of hydrogen-bond donors (Lipinski definition) is 1. The Morgan fingerprint density at radius 2 is 1.47 bits per heavy atom. The number of carbonyl (C=O) groups excluding carboxylic acids is 2. The van der Waals surface area contributed by atoms with Crippen LogP contribution >= 0.6 is 34.8 Å². The summed E-state index contributed by atoms with van der Waals surface area (Å²) in [7, 11) is -2.95. The molecule has 0 aromatic heterocycles. The maximum atomic E-state index is 14.7. The minimum atomic E-state index is -4.34. The fourth-order valence-electron chi connectivity index (χ4n) is 4.93. The van der Waals surface area contributed by atoms with E-state index in [-0.39, 0.29) is 39.3 Å². The zero-order chi connectivity index (χ0) is 34.4. The highest BCUT2D eigenvalue weighted by molar-refractivity contribution is 7.92. The van der Waals surface area contributed by atoms with Gasteiger partial charge in [0, 0.05) is 23.5 Å². The van der Waals surface area contributed by atoms with Crippen LogP contribution in [0.3, 0.4) is 0 Å². The molecule has 0 spiro atoms. The molecule has 4 rings (SSSR count). The quantitative estimate of drug-likeness (QED) is 0.165. The normalized spacial score (nSPS) is 12.2. The van der Waals surface area contributed by atoms with E-state index in [2.05, 4.69) is 5.32 Å². The number of benzene rings is 4. The molecule has 4 aromatic rings. The van der Waals surface area contributed by atoms with Crippen LogP contribution in [0.2, 0.25) is 15.1 Å². The van der Waals surface area contributed by atoms with Crippen molar-refractivity contribution in [3.8, 4) is 5.75 Å². The van der Waals surface area contributed by atoms with Gasteiger partial charge in [0.2, 0.25) is 11.8 Å². The van der Waals surface area contributed by atoms with Gasteiger partial charge in [0.15, 0.2) is 0 Å². The molecule has 0 unspecified atom stereocenters. The number of sulfonamides is 1. The summed E-state index contributed by atoms with van der Waals surface area (Å²) in [5.41, 5.74) is 0.831. The predicted octanol–water partition coefficient (Wildman–Crippen LogP) is 7.41. The number of hydrogen-bond acceptors (Lipinski definition) is 5. The van der Waals surface area contributed by atoms with Crippen LogP contribution in [0.1, 0.15) is 31.9 Å². The number of amides is 2. The topological polar surface area (TPSA) is 96.0 Å². The van der Waals surface area contributed by atoms with Gasteiger partial charge in [-0.2, -0.15) is 0 Å². The minimum Gasteiger partial charge on any atom is -0.495 e. The number of carbonyl (C=O) groups is 2. The molecule has 0 radical (unpaired) electrons. The summed E-state index contributed by atoms with van der Waals surface area (Å²) in [6.45, 7) is 4.78. The molecule has 0 aliphatic rings. The Hall–Kier alpha value is -3.76. The van der Waals surface area contributed by atoms with Crippen molar-refractivity contribution in [3.63, 3.8) is 0 Å². The van der Waals surface area contributed by atoms with E-state index >= 15 is 0 Å². The Balaban J connectivity index is 1.87. The van der Waals surface area contributed by atoms with Gasteiger partial charge in [0.05, 0.1) is 27.7 Å². The minimum absolute atomic E-state index is 0.0443. The molecule has 0 aliphatic carbocycles. The summed E-state index contributed by atoms with van der Waals surface area (Å²) in [5, 5.41) is 3.83. The lowest BCUT2D eigenvalue weighted by Crippen LogP contribution is -2.56. The highest BCUT2D eigenvalue weighted by atomic mass is 35.5. The second kappa shape index (κ2) is 15.4. The number of nitrogens with one attached hydrogen (secondary N) is 1. The van der Waals surface area contributed by atoms with Gasteiger partial charge in [-0.25, -0.2) is 8.42 Å². The van der Waals surface area contributed by atoms with Crippen LogP contribution in [0, 0.1) is 0 Å². The average Bonchev–Trinajstić information content (AvgIpc) is 3.03. The molecule has 2 amide bonds. The van der Waals surface area contributed by atoms with E-state index in [9.17, 15) is 18.0 Å². The van der Waals surface area contributed by atoms with Gasteiger partial charge < -0.3 is 15.0 Å². The highest BCUT2D eigenvalue weighted by Crippen LogP contribution is 2.35. The fraction of sp³-hybridized carbons (Fsp3) is 0.257. The van der Waals surface area contributed by atoms with Crippen LogP contribution in [0.5, 0.6) is 5.75 Å². The molecule has 8 nitrogen and oxygen atoms in total. The fourth-order valence-corrected chi connectivity index (χ4v) is 6.86. The van der Waals surface area contributed by atoms with Crippen LogP contribution in [0.15, 0.2) is 102 Å². The first-order valence-electron chi connectivity index (χ1n) is 14.7. The lowest BCUT2D eigenvalue weighted by molar-refractivity contribution is -0.140. The van der Waals surface area contributed by atoms with Crippen molar-refractivity contribution in [1.82, 2.24) is 10.2 Å². The van der Waals surface area contributed by atoms with Gasteiger partial charge >= 0.3 is 0 Å². The molecule has 4 aromatic carbocycles. The molecule has 0 saturated carbocycles. The van der Waals surface area contributed by atoms with E-state index in [1.165, 1.54) is 36.3 Å². The molecule has 248 valence electrons. The first-order chi connectivity index (χ1) is 22.2. The molecule has 1 atom stereocenters. The van der Waals surface area contributed by atoms with Crippen LogP contribution in [0.4, 0.5) is 5.69 Å². The molecule has 0 aliphatic heterocycles. The van der Waals surface area contributed by atoms with Crippen LogP contribution < -0.4 is 14.4 Å². The monoisotopic (exact) mass is 715 g/mol. The third-order valence-electron chi connectivity index (χ3n) is 7.13. The lowest BCUT2D eigenvalue weighted by Gasteiger charge is -2.35. The Kier molecular flexibility index (Phi) is 11.8. The summed E-state index contributed by atoms with van der Waals surface area (Å²) >= 11 is 18.9. The van der Waals surface area contributed by atoms with Crippen LogP contribution in [-0.4, -0.2) is 50.4 Å². The van der Waals surface area contributed by atoms with Crippen molar-refractivity contribution >= 4 is 62.3 Å². The van der Waals surface area contributed by atoms with E-state index in [0.29, 0.717) is 10.6 Å². The number of rotatable bonds is 12. The molecule has 0 heterocycles. The van der Waals surface area contributed by atoms with Gasteiger partial charge in [-0.3, -0.25) is 13.9 Å². The van der Waals surface area contributed by atoms with E-state index in [1.807, 2.05) is 51.1 Å². The van der Waals surface area contributed by atoms with Crippen molar-refractivity contribution in [2.24, 2.45) is 0 Å². The van der Waals surface area contributed by atoms with Gasteiger partial charge in [0.25, 0.3) is 10.0 Å². The summed E-state index contributed by atoms with van der Waals surface area (Å²) in [6.07, 6.45) is 0.155. The summed E-state index contributed by atoms with van der Waals surface area (Å²) < 4.78 is 34.9. The number of ether oxygens (including phenoxy) is 1. The van der Waals surface area contributed by atoms with Crippen molar-refractivity contribution in [1.29, 1.82) is 0 Å². The first kappa shape index (κ1) is 36.1. The Labute approximate surface area is 291 Å². The predicted molar refractivity (Wildman–Crippen MR) is 188 cm³/mol. The van der Waals surface area contributed by atoms with Crippen molar-refractivity contribution in [2.45, 2.75) is 50.2 Å². The third-order valence-corrected chi connectivity index (χ3v) is 9.87. The maximum absolute atomic E-state index is 14.7. The van der Waals surface area contributed by atoms with Crippen LogP contribution in [0.25, 0.3) is 0 Å².